The van der Waals surface area contributed by atoms with Crippen LogP contribution in [-0.2, 0) is 0 Å². The van der Waals surface area contributed by atoms with Gasteiger partial charge in [0.25, 0.3) is 11.5 Å². The summed E-state index contributed by atoms with van der Waals surface area (Å²) >= 11 is 0. The molecule has 2 aromatic rings. The molecule has 0 radical (unpaired) electrons. The molecule has 6 heteroatoms. The first-order valence-corrected chi connectivity index (χ1v) is 8.20. The Morgan fingerprint density at radius 3 is 2.67 bits per heavy atom. The van der Waals surface area contributed by atoms with E-state index in [2.05, 4.69) is 23.8 Å². The Morgan fingerprint density at radius 2 is 2.04 bits per heavy atom. The lowest BCUT2D eigenvalue weighted by Crippen LogP contribution is -2.28. The molecule has 0 aliphatic carbocycles. The number of rotatable bonds is 3. The van der Waals surface area contributed by atoms with Crippen LogP contribution in [-0.4, -0.2) is 33.9 Å². The van der Waals surface area contributed by atoms with Crippen LogP contribution in [0.3, 0.4) is 0 Å². The molecule has 1 aliphatic rings. The van der Waals surface area contributed by atoms with Gasteiger partial charge in [-0.25, -0.2) is 4.98 Å². The van der Waals surface area contributed by atoms with Crippen LogP contribution in [0.5, 0.6) is 0 Å². The number of carbonyl (C=O) groups is 1. The minimum atomic E-state index is -0.258. The fourth-order valence-corrected chi connectivity index (χ4v) is 3.08. The summed E-state index contributed by atoms with van der Waals surface area (Å²) in [5.41, 5.74) is 7.91. The van der Waals surface area contributed by atoms with Crippen molar-refractivity contribution in [2.24, 2.45) is 0 Å². The zero-order valence-corrected chi connectivity index (χ0v) is 14.0. The summed E-state index contributed by atoms with van der Waals surface area (Å²) in [5, 5.41) is 0. The summed E-state index contributed by atoms with van der Waals surface area (Å²) in [4.78, 5) is 32.6. The number of benzene rings is 1. The number of aromatic amines is 1. The quantitative estimate of drug-likeness (QED) is 0.903. The second-order valence-corrected chi connectivity index (χ2v) is 6.57. The van der Waals surface area contributed by atoms with E-state index in [0.717, 1.165) is 6.42 Å². The number of nitrogens with two attached hydrogens (primary N) is 1. The molecule has 1 aromatic carbocycles. The maximum atomic E-state index is 12.7. The van der Waals surface area contributed by atoms with Crippen LogP contribution in [0, 0.1) is 0 Å². The van der Waals surface area contributed by atoms with Gasteiger partial charge in [-0.2, -0.15) is 0 Å². The van der Waals surface area contributed by atoms with Crippen molar-refractivity contribution in [2.45, 2.75) is 32.1 Å². The van der Waals surface area contributed by atoms with Crippen molar-refractivity contribution >= 4 is 11.9 Å². The highest BCUT2D eigenvalue weighted by Gasteiger charge is 2.29. The Balaban J connectivity index is 1.72. The zero-order valence-electron chi connectivity index (χ0n) is 14.0. The van der Waals surface area contributed by atoms with Crippen LogP contribution in [0.25, 0.3) is 0 Å². The monoisotopic (exact) mass is 326 g/mol. The van der Waals surface area contributed by atoms with E-state index < -0.39 is 0 Å². The summed E-state index contributed by atoms with van der Waals surface area (Å²) < 4.78 is 0. The second-order valence-electron chi connectivity index (χ2n) is 6.57. The van der Waals surface area contributed by atoms with Crippen molar-refractivity contribution in [3.63, 3.8) is 0 Å². The predicted octanol–water partition coefficient (Wildman–Crippen LogP) is 2.11. The molecule has 1 aromatic heterocycles. The third-order valence-corrected chi connectivity index (χ3v) is 4.50. The maximum absolute atomic E-state index is 12.7. The van der Waals surface area contributed by atoms with E-state index in [0.29, 0.717) is 30.3 Å². The van der Waals surface area contributed by atoms with Gasteiger partial charge in [-0.05, 0) is 30.0 Å². The topological polar surface area (TPSA) is 92.1 Å². The first-order chi connectivity index (χ1) is 11.4. The second kappa shape index (κ2) is 6.47. The normalized spacial score (nSPS) is 17.5. The highest BCUT2D eigenvalue weighted by molar-refractivity contribution is 5.94. The number of nitrogens with zero attached hydrogens (tertiary/aromatic N) is 2. The van der Waals surface area contributed by atoms with Crippen molar-refractivity contribution in [3.05, 3.63) is 57.5 Å². The third kappa shape index (κ3) is 3.32. The van der Waals surface area contributed by atoms with Gasteiger partial charge in [-0.3, -0.25) is 14.6 Å². The number of nitrogen functional groups attached to an aromatic ring is 1. The summed E-state index contributed by atoms with van der Waals surface area (Å²) in [6.07, 6.45) is 0.783. The van der Waals surface area contributed by atoms with Crippen LogP contribution in [0.1, 0.15) is 53.7 Å². The molecule has 1 unspecified atom stereocenters. The van der Waals surface area contributed by atoms with E-state index in [-0.39, 0.29) is 23.3 Å². The molecule has 3 N–H and O–H groups in total. The zero-order chi connectivity index (χ0) is 17.3. The first kappa shape index (κ1) is 16.2. The molecule has 126 valence electrons. The Hall–Kier alpha value is -2.63. The summed E-state index contributed by atoms with van der Waals surface area (Å²) in [7, 11) is 0. The van der Waals surface area contributed by atoms with Crippen LogP contribution in [0.15, 0.2) is 35.1 Å². The summed E-state index contributed by atoms with van der Waals surface area (Å²) in [6.45, 7) is 5.47. The molecule has 1 atom stereocenters. The van der Waals surface area contributed by atoms with E-state index >= 15 is 0 Å². The van der Waals surface area contributed by atoms with Gasteiger partial charge in [0.05, 0.1) is 5.69 Å². The number of aromatic nitrogens is 2. The standard InChI is InChI=1S/C18H22N4O2/c1-11(2)12-3-5-13(6-4-12)17(24)22-8-7-14(10-22)15-9-16(23)21-18(19)20-15/h3-6,9,11,14H,7-8,10H2,1-2H3,(H3,19,20,21,23). The van der Waals surface area contributed by atoms with Crippen LogP contribution < -0.4 is 11.3 Å². The molecule has 6 nitrogen and oxygen atoms in total. The van der Waals surface area contributed by atoms with Crippen molar-refractivity contribution in [1.82, 2.24) is 14.9 Å². The van der Waals surface area contributed by atoms with Gasteiger partial charge in [-0.15, -0.1) is 0 Å². The average Bonchev–Trinajstić information content (AvgIpc) is 3.03. The summed E-state index contributed by atoms with van der Waals surface area (Å²) in [5.74, 6) is 0.628. The lowest BCUT2D eigenvalue weighted by atomic mass is 10.0. The molecular formula is C18H22N4O2. The maximum Gasteiger partial charge on any atom is 0.253 e. The smallest absolute Gasteiger partial charge is 0.253 e. The SMILES string of the molecule is CC(C)c1ccc(C(=O)N2CCC(c3cc(=O)[nH]c(N)n3)C2)cc1. The molecule has 1 amide bonds. The Bertz CT molecular complexity index is 795. The Kier molecular flexibility index (Phi) is 4.38. The third-order valence-electron chi connectivity index (χ3n) is 4.50. The van der Waals surface area contributed by atoms with Crippen molar-refractivity contribution in [2.75, 3.05) is 18.8 Å². The van der Waals surface area contributed by atoms with Gasteiger partial charge in [-0.1, -0.05) is 26.0 Å². The number of carbonyl (C=O) groups excluding carboxylic acids is 1. The first-order valence-electron chi connectivity index (χ1n) is 8.20. The fraction of sp³-hybridized carbons (Fsp3) is 0.389. The van der Waals surface area contributed by atoms with Crippen molar-refractivity contribution in [3.8, 4) is 0 Å². The lowest BCUT2D eigenvalue weighted by molar-refractivity contribution is 0.0790. The number of hydrogen-bond donors (Lipinski definition) is 2. The van der Waals surface area contributed by atoms with Gasteiger partial charge in [0.2, 0.25) is 5.95 Å². The van der Waals surface area contributed by atoms with Gasteiger partial charge in [0.1, 0.15) is 0 Å². The molecule has 0 spiro atoms. The fourth-order valence-electron chi connectivity index (χ4n) is 3.08. The minimum Gasteiger partial charge on any atom is -0.369 e. The van der Waals surface area contributed by atoms with Crippen molar-refractivity contribution < 1.29 is 4.79 Å². The molecule has 3 rings (SSSR count). The number of nitrogens with one attached hydrogen (secondary N) is 1. The molecular weight excluding hydrogens is 304 g/mol. The van der Waals surface area contributed by atoms with E-state index in [4.69, 9.17) is 5.73 Å². The molecule has 1 aliphatic heterocycles. The van der Waals surface area contributed by atoms with Gasteiger partial charge in [0.15, 0.2) is 0 Å². The Morgan fingerprint density at radius 1 is 1.33 bits per heavy atom. The number of amides is 1. The molecule has 1 saturated heterocycles. The van der Waals surface area contributed by atoms with E-state index in [1.165, 1.54) is 11.6 Å². The van der Waals surface area contributed by atoms with Gasteiger partial charge in [0, 0.05) is 30.6 Å². The average molecular weight is 326 g/mol. The van der Waals surface area contributed by atoms with Crippen LogP contribution >= 0.6 is 0 Å². The van der Waals surface area contributed by atoms with Gasteiger partial charge >= 0.3 is 0 Å². The van der Waals surface area contributed by atoms with E-state index in [9.17, 15) is 9.59 Å². The minimum absolute atomic E-state index is 0.0191. The van der Waals surface area contributed by atoms with E-state index in [1.54, 1.807) is 0 Å². The van der Waals surface area contributed by atoms with Gasteiger partial charge < -0.3 is 10.6 Å². The molecule has 2 heterocycles. The lowest BCUT2D eigenvalue weighted by Gasteiger charge is -2.17. The highest BCUT2D eigenvalue weighted by Crippen LogP contribution is 2.27. The molecule has 0 saturated carbocycles. The highest BCUT2D eigenvalue weighted by atomic mass is 16.2. The number of H-pyrrole nitrogens is 1. The van der Waals surface area contributed by atoms with E-state index in [1.807, 2.05) is 29.2 Å². The number of hydrogen-bond acceptors (Lipinski definition) is 4. The number of likely N-dealkylation sites (tertiary alicyclic amines) is 1. The van der Waals surface area contributed by atoms with Crippen molar-refractivity contribution in [1.29, 1.82) is 0 Å². The molecule has 1 fully saturated rings. The van der Waals surface area contributed by atoms with Crippen LogP contribution in [0.4, 0.5) is 5.95 Å². The Labute approximate surface area is 140 Å². The molecule has 0 bridgehead atoms. The van der Waals surface area contributed by atoms with Crippen LogP contribution in [0.2, 0.25) is 0 Å². The summed E-state index contributed by atoms with van der Waals surface area (Å²) in [6, 6.07) is 9.24. The predicted molar refractivity (Wildman–Crippen MR) is 93.1 cm³/mol. The largest absolute Gasteiger partial charge is 0.369 e. The molecule has 24 heavy (non-hydrogen) atoms. The number of anilines is 1.